The Morgan fingerprint density at radius 1 is 1.36 bits per heavy atom. The summed E-state index contributed by atoms with van der Waals surface area (Å²) in [4.78, 5) is 29.4. The molecule has 0 saturated heterocycles. The minimum Gasteiger partial charge on any atom is -0.360 e. The van der Waals surface area contributed by atoms with Gasteiger partial charge in [0, 0.05) is 11.7 Å². The van der Waals surface area contributed by atoms with Crippen LogP contribution in [0.1, 0.15) is 37.5 Å². The molecule has 0 bridgehead atoms. The van der Waals surface area contributed by atoms with Gasteiger partial charge in [-0.05, 0) is 37.3 Å². The number of aromatic amines is 1. The number of rotatable bonds is 4. The molecule has 5 rings (SSSR count). The van der Waals surface area contributed by atoms with Crippen molar-refractivity contribution in [2.45, 2.75) is 31.8 Å². The summed E-state index contributed by atoms with van der Waals surface area (Å²) < 4.78 is 1.89. The maximum absolute atomic E-state index is 13.2. The highest BCUT2D eigenvalue weighted by molar-refractivity contribution is 6.35. The van der Waals surface area contributed by atoms with Crippen LogP contribution < -0.4 is 16.6 Å². The fourth-order valence-corrected chi connectivity index (χ4v) is 3.99. The summed E-state index contributed by atoms with van der Waals surface area (Å²) in [5.41, 5.74) is 3.04. The van der Waals surface area contributed by atoms with Gasteiger partial charge in [-0.2, -0.15) is 0 Å². The quantitative estimate of drug-likeness (QED) is 0.519. The molecule has 7 nitrogen and oxygen atoms in total. The number of anilines is 1. The standard InChI is InChI=1S/C19H18BClN6O/c1-9(24-16-15-17(23-8-22-16)26-19(20)25-15)13-7-10-3-2-4-12(21)14(10)18(28)27(13)11-5-6-11/h2-4,7-9,11H,5-6,20H2,1H3,(H2,22,23,24,25,26)/t9-/m0/s1. The number of fused-ring (bicyclic) bond motifs is 2. The van der Waals surface area contributed by atoms with Gasteiger partial charge in [0.2, 0.25) is 0 Å². The lowest BCUT2D eigenvalue weighted by atomic mass is 10.1. The van der Waals surface area contributed by atoms with Crippen LogP contribution >= 0.6 is 11.6 Å². The molecule has 0 spiro atoms. The monoisotopic (exact) mass is 392 g/mol. The summed E-state index contributed by atoms with van der Waals surface area (Å²) in [6, 6.07) is 7.69. The van der Waals surface area contributed by atoms with Crippen molar-refractivity contribution < 1.29 is 0 Å². The number of hydrogen-bond acceptors (Lipinski definition) is 5. The van der Waals surface area contributed by atoms with Crippen LogP contribution in [0.3, 0.4) is 0 Å². The van der Waals surface area contributed by atoms with E-state index in [-0.39, 0.29) is 17.6 Å². The van der Waals surface area contributed by atoms with E-state index in [4.69, 9.17) is 11.6 Å². The highest BCUT2D eigenvalue weighted by Crippen LogP contribution is 2.37. The number of pyridine rings is 1. The predicted octanol–water partition coefficient (Wildman–Crippen LogP) is 2.09. The minimum atomic E-state index is -0.146. The molecule has 0 amide bonds. The van der Waals surface area contributed by atoms with Crippen LogP contribution in [-0.2, 0) is 0 Å². The van der Waals surface area contributed by atoms with Crippen molar-refractivity contribution in [1.29, 1.82) is 0 Å². The van der Waals surface area contributed by atoms with E-state index in [9.17, 15) is 4.79 Å². The van der Waals surface area contributed by atoms with E-state index in [2.05, 4.69) is 25.3 Å². The van der Waals surface area contributed by atoms with Crippen LogP contribution in [0.4, 0.5) is 5.82 Å². The molecule has 1 aromatic carbocycles. The third-order valence-corrected chi connectivity index (χ3v) is 5.49. The predicted molar refractivity (Wildman–Crippen MR) is 113 cm³/mol. The average molecular weight is 393 g/mol. The lowest BCUT2D eigenvalue weighted by molar-refractivity contribution is 0.636. The van der Waals surface area contributed by atoms with Gasteiger partial charge < -0.3 is 14.9 Å². The molecule has 9 heteroatoms. The molecule has 1 aliphatic rings. The molecular weight excluding hydrogens is 375 g/mol. The zero-order valence-corrected chi connectivity index (χ0v) is 16.3. The van der Waals surface area contributed by atoms with Gasteiger partial charge in [-0.1, -0.05) is 23.7 Å². The van der Waals surface area contributed by atoms with E-state index in [0.717, 1.165) is 29.6 Å². The van der Waals surface area contributed by atoms with Crippen molar-refractivity contribution in [2.75, 3.05) is 5.32 Å². The minimum absolute atomic E-state index is 0.0299. The molecule has 140 valence electrons. The van der Waals surface area contributed by atoms with Gasteiger partial charge in [-0.15, -0.1) is 0 Å². The highest BCUT2D eigenvalue weighted by Gasteiger charge is 2.29. The molecule has 1 fully saturated rings. The van der Waals surface area contributed by atoms with Gasteiger partial charge >= 0.3 is 0 Å². The number of nitrogens with one attached hydrogen (secondary N) is 2. The summed E-state index contributed by atoms with van der Waals surface area (Å²) in [6.45, 7) is 2.03. The second-order valence-electron chi connectivity index (χ2n) is 7.29. The molecule has 28 heavy (non-hydrogen) atoms. The Hall–Kier alpha value is -2.87. The van der Waals surface area contributed by atoms with E-state index in [1.807, 2.05) is 37.5 Å². The molecule has 1 aliphatic carbocycles. The van der Waals surface area contributed by atoms with Gasteiger partial charge in [-0.25, -0.2) is 15.0 Å². The van der Waals surface area contributed by atoms with Gasteiger partial charge in [0.25, 0.3) is 5.56 Å². The van der Waals surface area contributed by atoms with Crippen molar-refractivity contribution >= 4 is 52.9 Å². The zero-order chi connectivity index (χ0) is 19.4. The van der Waals surface area contributed by atoms with Crippen LogP contribution in [0.5, 0.6) is 0 Å². The second-order valence-corrected chi connectivity index (χ2v) is 7.69. The van der Waals surface area contributed by atoms with Crippen molar-refractivity contribution in [2.24, 2.45) is 0 Å². The Bertz CT molecular complexity index is 1280. The van der Waals surface area contributed by atoms with Crippen LogP contribution in [0.2, 0.25) is 5.02 Å². The van der Waals surface area contributed by atoms with E-state index < -0.39 is 0 Å². The molecule has 3 aromatic heterocycles. The summed E-state index contributed by atoms with van der Waals surface area (Å²) in [5.74, 6) is 0.642. The Balaban J connectivity index is 1.64. The van der Waals surface area contributed by atoms with Gasteiger partial charge in [0.05, 0.1) is 22.2 Å². The first kappa shape index (κ1) is 17.2. The number of nitrogens with zero attached hydrogens (tertiary/aromatic N) is 4. The maximum atomic E-state index is 13.2. The van der Waals surface area contributed by atoms with E-state index in [0.29, 0.717) is 27.4 Å². The van der Waals surface area contributed by atoms with Crippen LogP contribution in [0.15, 0.2) is 35.4 Å². The summed E-state index contributed by atoms with van der Waals surface area (Å²) in [6.07, 6.45) is 3.51. The number of H-pyrrole nitrogens is 1. The first-order valence-corrected chi connectivity index (χ1v) is 9.68. The van der Waals surface area contributed by atoms with Crippen molar-refractivity contribution in [3.8, 4) is 0 Å². The van der Waals surface area contributed by atoms with Crippen LogP contribution in [-0.4, -0.2) is 32.3 Å². The van der Waals surface area contributed by atoms with Crippen molar-refractivity contribution in [3.63, 3.8) is 0 Å². The Labute approximate surface area is 166 Å². The zero-order valence-electron chi connectivity index (χ0n) is 15.5. The Morgan fingerprint density at radius 2 is 2.18 bits per heavy atom. The van der Waals surface area contributed by atoms with Crippen LogP contribution in [0, 0.1) is 0 Å². The molecule has 2 N–H and O–H groups in total. The number of benzene rings is 1. The normalized spacial score (nSPS) is 15.2. The fraction of sp³-hybridized carbons (Fsp3) is 0.263. The number of aromatic nitrogens is 5. The fourth-order valence-electron chi connectivity index (χ4n) is 3.72. The third-order valence-electron chi connectivity index (χ3n) is 5.17. The van der Waals surface area contributed by atoms with Gasteiger partial charge in [0.1, 0.15) is 11.8 Å². The lowest BCUT2D eigenvalue weighted by Gasteiger charge is -2.21. The lowest BCUT2D eigenvalue weighted by Crippen LogP contribution is -2.26. The van der Waals surface area contributed by atoms with Crippen LogP contribution in [0.25, 0.3) is 21.9 Å². The first-order chi connectivity index (χ1) is 13.5. The van der Waals surface area contributed by atoms with E-state index in [1.54, 1.807) is 6.07 Å². The molecule has 0 unspecified atom stereocenters. The first-order valence-electron chi connectivity index (χ1n) is 9.30. The molecule has 0 radical (unpaired) electrons. The summed E-state index contributed by atoms with van der Waals surface area (Å²) >= 11 is 6.33. The number of hydrogen-bond donors (Lipinski definition) is 2. The molecule has 1 atom stereocenters. The molecule has 1 saturated carbocycles. The molecule has 4 aromatic rings. The SMILES string of the molecule is Bc1nc2c(N[C@@H](C)c3cc4cccc(Cl)c4c(=O)n3C3CC3)ncnc2[nH]1. The number of imidazole rings is 1. The summed E-state index contributed by atoms with van der Waals surface area (Å²) in [5, 5.41) is 5.34. The average Bonchev–Trinajstić information content (AvgIpc) is 3.41. The maximum Gasteiger partial charge on any atom is 0.260 e. The number of halogens is 1. The Morgan fingerprint density at radius 3 is 2.96 bits per heavy atom. The van der Waals surface area contributed by atoms with Crippen molar-refractivity contribution in [1.82, 2.24) is 24.5 Å². The highest BCUT2D eigenvalue weighted by atomic mass is 35.5. The Kier molecular flexibility index (Phi) is 3.91. The van der Waals surface area contributed by atoms with Gasteiger partial charge in [-0.3, -0.25) is 4.79 Å². The van der Waals surface area contributed by atoms with E-state index >= 15 is 0 Å². The van der Waals surface area contributed by atoms with E-state index in [1.165, 1.54) is 6.33 Å². The topological polar surface area (TPSA) is 88.5 Å². The molecule has 0 aliphatic heterocycles. The second kappa shape index (κ2) is 6.34. The summed E-state index contributed by atoms with van der Waals surface area (Å²) in [7, 11) is 1.88. The van der Waals surface area contributed by atoms with Crippen molar-refractivity contribution in [3.05, 3.63) is 51.7 Å². The molecule has 3 heterocycles. The third kappa shape index (κ3) is 2.76. The molecular formula is C19H18BClN6O. The largest absolute Gasteiger partial charge is 0.360 e. The smallest absolute Gasteiger partial charge is 0.260 e. The van der Waals surface area contributed by atoms with Gasteiger partial charge in [0.15, 0.2) is 19.3 Å².